The van der Waals surface area contributed by atoms with Crippen molar-refractivity contribution in [2.24, 2.45) is 0 Å². The molecule has 0 saturated carbocycles. The SMILES string of the molecule is CCC(C(=O)Nc1nnc(SCc2ccccc2C)s1)c1ccccc1. The molecule has 0 aliphatic heterocycles. The van der Waals surface area contributed by atoms with Crippen molar-refractivity contribution in [1.29, 1.82) is 0 Å². The summed E-state index contributed by atoms with van der Waals surface area (Å²) < 4.78 is 0.858. The zero-order chi connectivity index (χ0) is 18.4. The summed E-state index contributed by atoms with van der Waals surface area (Å²) in [5.41, 5.74) is 3.58. The summed E-state index contributed by atoms with van der Waals surface area (Å²) in [7, 11) is 0. The average Bonchev–Trinajstić information content (AvgIpc) is 3.10. The van der Waals surface area contributed by atoms with Crippen LogP contribution in [0.25, 0.3) is 0 Å². The lowest BCUT2D eigenvalue weighted by atomic mass is 9.96. The Balaban J connectivity index is 1.61. The number of hydrogen-bond acceptors (Lipinski definition) is 5. The van der Waals surface area contributed by atoms with Crippen molar-refractivity contribution in [2.45, 2.75) is 36.3 Å². The fraction of sp³-hybridized carbons (Fsp3) is 0.250. The highest BCUT2D eigenvalue weighted by Gasteiger charge is 2.20. The van der Waals surface area contributed by atoms with E-state index < -0.39 is 0 Å². The molecule has 6 heteroatoms. The first-order valence-electron chi connectivity index (χ1n) is 8.54. The molecule has 0 spiro atoms. The first-order chi connectivity index (χ1) is 12.7. The Morgan fingerprint density at radius 2 is 1.85 bits per heavy atom. The molecule has 26 heavy (non-hydrogen) atoms. The van der Waals surface area contributed by atoms with Crippen molar-refractivity contribution in [1.82, 2.24) is 10.2 Å². The molecular weight excluding hydrogens is 362 g/mol. The Morgan fingerprint density at radius 3 is 2.58 bits per heavy atom. The van der Waals surface area contributed by atoms with E-state index in [1.54, 1.807) is 11.8 Å². The van der Waals surface area contributed by atoms with Crippen LogP contribution in [0.4, 0.5) is 5.13 Å². The summed E-state index contributed by atoms with van der Waals surface area (Å²) in [6.07, 6.45) is 0.740. The standard InChI is InChI=1S/C20H21N3OS2/c1-3-17(15-10-5-4-6-11-15)18(24)21-19-22-23-20(26-19)25-13-16-12-8-7-9-14(16)2/h4-12,17H,3,13H2,1-2H3,(H,21,22,24). The van der Waals surface area contributed by atoms with Crippen molar-refractivity contribution in [3.63, 3.8) is 0 Å². The number of hydrogen-bond donors (Lipinski definition) is 1. The molecule has 1 N–H and O–H groups in total. The second-order valence-electron chi connectivity index (χ2n) is 5.95. The van der Waals surface area contributed by atoms with Gasteiger partial charge in [-0.15, -0.1) is 10.2 Å². The molecule has 1 heterocycles. The molecule has 4 nitrogen and oxygen atoms in total. The Bertz CT molecular complexity index is 864. The normalized spacial score (nSPS) is 11.9. The first kappa shape index (κ1) is 18.6. The van der Waals surface area contributed by atoms with E-state index in [-0.39, 0.29) is 11.8 Å². The fourth-order valence-corrected chi connectivity index (χ4v) is 4.51. The van der Waals surface area contributed by atoms with Gasteiger partial charge in [-0.2, -0.15) is 0 Å². The van der Waals surface area contributed by atoms with Crippen molar-refractivity contribution < 1.29 is 4.79 Å². The van der Waals surface area contributed by atoms with E-state index in [0.29, 0.717) is 5.13 Å². The second kappa shape index (κ2) is 8.96. The van der Waals surface area contributed by atoms with Gasteiger partial charge in [0.25, 0.3) is 0 Å². The van der Waals surface area contributed by atoms with Crippen LogP contribution < -0.4 is 5.32 Å². The summed E-state index contributed by atoms with van der Waals surface area (Å²) in [4.78, 5) is 12.6. The van der Waals surface area contributed by atoms with Gasteiger partial charge in [-0.3, -0.25) is 10.1 Å². The number of carbonyl (C=O) groups excluding carboxylic acids is 1. The fourth-order valence-electron chi connectivity index (χ4n) is 2.68. The van der Waals surface area contributed by atoms with E-state index in [9.17, 15) is 4.79 Å². The molecule has 134 valence electrons. The van der Waals surface area contributed by atoms with Gasteiger partial charge in [-0.05, 0) is 30.0 Å². The number of amides is 1. The van der Waals surface area contributed by atoms with Gasteiger partial charge < -0.3 is 0 Å². The summed E-state index contributed by atoms with van der Waals surface area (Å²) in [6, 6.07) is 18.1. The Labute approximate surface area is 162 Å². The molecule has 1 aromatic heterocycles. The van der Waals surface area contributed by atoms with Crippen molar-refractivity contribution in [3.05, 3.63) is 71.3 Å². The molecular formula is C20H21N3OS2. The van der Waals surface area contributed by atoms with Gasteiger partial charge >= 0.3 is 0 Å². The maximum Gasteiger partial charge on any atom is 0.233 e. The molecule has 1 atom stereocenters. The van der Waals surface area contributed by atoms with Gasteiger partial charge in [-0.1, -0.05) is 84.6 Å². The van der Waals surface area contributed by atoms with Gasteiger partial charge in [-0.25, -0.2) is 0 Å². The van der Waals surface area contributed by atoms with Crippen LogP contribution in [0.1, 0.15) is 36.0 Å². The lowest BCUT2D eigenvalue weighted by Gasteiger charge is -2.13. The van der Waals surface area contributed by atoms with E-state index in [1.165, 1.54) is 22.5 Å². The van der Waals surface area contributed by atoms with Crippen LogP contribution in [-0.4, -0.2) is 16.1 Å². The maximum absolute atomic E-state index is 12.6. The monoisotopic (exact) mass is 383 g/mol. The molecule has 1 unspecified atom stereocenters. The molecule has 0 aliphatic carbocycles. The third-order valence-electron chi connectivity index (χ3n) is 4.18. The zero-order valence-electron chi connectivity index (χ0n) is 14.8. The van der Waals surface area contributed by atoms with Crippen LogP contribution >= 0.6 is 23.1 Å². The van der Waals surface area contributed by atoms with Crippen molar-refractivity contribution in [3.8, 4) is 0 Å². The van der Waals surface area contributed by atoms with E-state index in [4.69, 9.17) is 0 Å². The number of thioether (sulfide) groups is 1. The van der Waals surface area contributed by atoms with Crippen LogP contribution in [0.5, 0.6) is 0 Å². The highest BCUT2D eigenvalue weighted by atomic mass is 32.2. The van der Waals surface area contributed by atoms with Gasteiger partial charge in [0.2, 0.25) is 11.0 Å². The van der Waals surface area contributed by atoms with E-state index in [2.05, 4.69) is 34.6 Å². The smallest absolute Gasteiger partial charge is 0.233 e. The van der Waals surface area contributed by atoms with E-state index >= 15 is 0 Å². The van der Waals surface area contributed by atoms with Crippen molar-refractivity contribution in [2.75, 3.05) is 5.32 Å². The van der Waals surface area contributed by atoms with Crippen molar-refractivity contribution >= 4 is 34.1 Å². The number of benzene rings is 2. The minimum atomic E-state index is -0.178. The number of nitrogens with zero attached hydrogens (tertiary/aromatic N) is 2. The van der Waals surface area contributed by atoms with Gasteiger partial charge in [0.15, 0.2) is 4.34 Å². The second-order valence-corrected chi connectivity index (χ2v) is 8.15. The number of anilines is 1. The molecule has 3 aromatic rings. The predicted molar refractivity (Wildman–Crippen MR) is 109 cm³/mol. The van der Waals surface area contributed by atoms with Crippen LogP contribution in [0.2, 0.25) is 0 Å². The molecule has 0 radical (unpaired) electrons. The lowest BCUT2D eigenvalue weighted by Crippen LogP contribution is -2.20. The molecule has 0 aliphatic rings. The third-order valence-corrected chi connectivity index (χ3v) is 6.20. The Hall–Kier alpha value is -2.18. The van der Waals surface area contributed by atoms with E-state index in [0.717, 1.165) is 22.1 Å². The first-order valence-corrected chi connectivity index (χ1v) is 10.3. The molecule has 0 saturated heterocycles. The summed E-state index contributed by atoms with van der Waals surface area (Å²) >= 11 is 3.06. The number of carbonyl (C=O) groups is 1. The largest absolute Gasteiger partial charge is 0.300 e. The minimum absolute atomic E-state index is 0.0368. The van der Waals surface area contributed by atoms with Crippen LogP contribution in [-0.2, 0) is 10.5 Å². The number of aryl methyl sites for hydroxylation is 1. The van der Waals surface area contributed by atoms with Gasteiger partial charge in [0.05, 0.1) is 5.92 Å². The summed E-state index contributed by atoms with van der Waals surface area (Å²) in [6.45, 7) is 4.12. The average molecular weight is 384 g/mol. The third kappa shape index (κ3) is 4.71. The van der Waals surface area contributed by atoms with Crippen LogP contribution in [0, 0.1) is 6.92 Å². The van der Waals surface area contributed by atoms with Crippen LogP contribution in [0.3, 0.4) is 0 Å². The number of rotatable bonds is 7. The Kier molecular flexibility index (Phi) is 6.41. The maximum atomic E-state index is 12.6. The quantitative estimate of drug-likeness (QED) is 0.446. The van der Waals surface area contributed by atoms with Crippen LogP contribution in [0.15, 0.2) is 58.9 Å². The molecule has 2 aromatic carbocycles. The van der Waals surface area contributed by atoms with Gasteiger partial charge in [0.1, 0.15) is 0 Å². The molecule has 3 rings (SSSR count). The summed E-state index contributed by atoms with van der Waals surface area (Å²) in [5, 5.41) is 11.8. The zero-order valence-corrected chi connectivity index (χ0v) is 16.4. The molecule has 0 fully saturated rings. The number of nitrogens with one attached hydrogen (secondary N) is 1. The van der Waals surface area contributed by atoms with E-state index in [1.807, 2.05) is 49.4 Å². The predicted octanol–water partition coefficient (Wildman–Crippen LogP) is 5.27. The van der Waals surface area contributed by atoms with Gasteiger partial charge in [0, 0.05) is 5.75 Å². The highest BCUT2D eigenvalue weighted by molar-refractivity contribution is 8.00. The topological polar surface area (TPSA) is 54.9 Å². The molecule has 0 bridgehead atoms. The minimum Gasteiger partial charge on any atom is -0.300 e. The Morgan fingerprint density at radius 1 is 1.12 bits per heavy atom. The lowest BCUT2D eigenvalue weighted by molar-refractivity contribution is -0.117. The summed E-state index contributed by atoms with van der Waals surface area (Å²) in [5.74, 6) is 0.630. The molecule has 1 amide bonds. The number of aromatic nitrogens is 2. The highest BCUT2D eigenvalue weighted by Crippen LogP contribution is 2.30.